The molecule has 34 heavy (non-hydrogen) atoms. The first kappa shape index (κ1) is 29.3. The summed E-state index contributed by atoms with van der Waals surface area (Å²) >= 11 is 0. The van der Waals surface area contributed by atoms with E-state index in [9.17, 15) is 0 Å². The lowest BCUT2D eigenvalue weighted by Crippen LogP contribution is -2.45. The lowest BCUT2D eigenvalue weighted by atomic mass is 9.95. The molecule has 0 N–H and O–H groups in total. The van der Waals surface area contributed by atoms with Crippen LogP contribution >= 0.6 is 0 Å². The van der Waals surface area contributed by atoms with E-state index in [0.29, 0.717) is 11.1 Å². The molecule has 0 atom stereocenters. The first-order valence-corrected chi connectivity index (χ1v) is 14.1. The van der Waals surface area contributed by atoms with Crippen LogP contribution in [0.3, 0.4) is 0 Å². The van der Waals surface area contributed by atoms with E-state index >= 15 is 0 Å². The van der Waals surface area contributed by atoms with Crippen LogP contribution in [0, 0.1) is 11.8 Å². The van der Waals surface area contributed by atoms with Gasteiger partial charge in [-0.1, -0.05) is 38.1 Å². The summed E-state index contributed by atoms with van der Waals surface area (Å²) < 4.78 is 0. The monoisotopic (exact) mass is 471 g/mol. The van der Waals surface area contributed by atoms with Gasteiger partial charge in [-0.3, -0.25) is 9.80 Å². The van der Waals surface area contributed by atoms with Crippen LogP contribution in [0.15, 0.2) is 24.3 Å². The van der Waals surface area contributed by atoms with Crippen LogP contribution in [0.1, 0.15) is 106 Å². The summed E-state index contributed by atoms with van der Waals surface area (Å²) in [5.41, 5.74) is 3.67. The summed E-state index contributed by atoms with van der Waals surface area (Å²) in [6.45, 7) is 30.5. The van der Waals surface area contributed by atoms with Crippen molar-refractivity contribution in [2.24, 2.45) is 11.8 Å². The van der Waals surface area contributed by atoms with Crippen molar-refractivity contribution in [1.29, 1.82) is 0 Å². The van der Waals surface area contributed by atoms with Gasteiger partial charge < -0.3 is 4.90 Å². The van der Waals surface area contributed by atoms with E-state index in [1.165, 1.54) is 63.0 Å². The molecular weight excluding hydrogens is 414 g/mol. The third-order valence-corrected chi connectivity index (χ3v) is 8.07. The molecule has 196 valence electrons. The fourth-order valence-electron chi connectivity index (χ4n) is 5.03. The number of likely N-dealkylation sites (tertiary alicyclic amines) is 2. The van der Waals surface area contributed by atoms with Crippen LogP contribution in [0.2, 0.25) is 0 Å². The van der Waals surface area contributed by atoms with Gasteiger partial charge in [0.1, 0.15) is 0 Å². The summed E-state index contributed by atoms with van der Waals surface area (Å²) in [5.74, 6) is 1.92. The maximum absolute atomic E-state index is 2.59. The average molecular weight is 472 g/mol. The molecule has 0 aromatic heterocycles. The highest BCUT2D eigenvalue weighted by Crippen LogP contribution is 2.28. The summed E-state index contributed by atoms with van der Waals surface area (Å²) in [5, 5.41) is 0. The van der Waals surface area contributed by atoms with Crippen molar-refractivity contribution in [2.75, 3.05) is 26.2 Å². The molecule has 3 nitrogen and oxygen atoms in total. The number of benzene rings is 1. The Hall–Kier alpha value is -0.900. The second-order valence-corrected chi connectivity index (χ2v) is 13.4. The zero-order valence-electron chi connectivity index (χ0n) is 24.5. The maximum atomic E-state index is 2.59. The van der Waals surface area contributed by atoms with Crippen molar-refractivity contribution >= 4 is 0 Å². The van der Waals surface area contributed by atoms with Gasteiger partial charge in [0, 0.05) is 30.2 Å². The minimum absolute atomic E-state index is 0.291. The van der Waals surface area contributed by atoms with Crippen molar-refractivity contribution in [3.63, 3.8) is 0 Å². The molecule has 0 aliphatic carbocycles. The fourth-order valence-corrected chi connectivity index (χ4v) is 5.03. The molecule has 3 aliphatic heterocycles. The summed E-state index contributed by atoms with van der Waals surface area (Å²) in [4.78, 5) is 7.67. The summed E-state index contributed by atoms with van der Waals surface area (Å²) in [6, 6.07) is 9.49. The molecule has 2 fully saturated rings. The standard InChI is InChI=1S/C12H17N.C10H21N.C9H19N/c1-12(2,3)13-8-10-6-4-5-7-11(10)9-13;1-9-5-7-11(8-6-9)10(2,3)4;1-8(2)10-6-4-9(3)5-7-10/h4-7H,8-9H2,1-3H3;9H,5-8H2,1-4H3;8-9H,4-7H2,1-3H3. The van der Waals surface area contributed by atoms with Crippen LogP contribution in [-0.2, 0) is 13.1 Å². The zero-order chi connectivity index (χ0) is 25.5. The molecule has 2 saturated heterocycles. The summed E-state index contributed by atoms with van der Waals surface area (Å²) in [7, 11) is 0. The molecule has 4 rings (SSSR count). The highest BCUT2D eigenvalue weighted by atomic mass is 15.2. The van der Waals surface area contributed by atoms with Gasteiger partial charge in [0.05, 0.1) is 0 Å². The Kier molecular flexibility index (Phi) is 11.1. The molecule has 3 heterocycles. The van der Waals surface area contributed by atoms with E-state index in [-0.39, 0.29) is 0 Å². The van der Waals surface area contributed by atoms with Crippen LogP contribution in [0.5, 0.6) is 0 Å². The molecular formula is C31H57N3. The van der Waals surface area contributed by atoms with Crippen molar-refractivity contribution in [2.45, 2.75) is 125 Å². The van der Waals surface area contributed by atoms with E-state index in [4.69, 9.17) is 0 Å². The molecule has 0 spiro atoms. The Labute approximate surface area is 213 Å². The number of hydrogen-bond acceptors (Lipinski definition) is 3. The van der Waals surface area contributed by atoms with Gasteiger partial charge in [0.2, 0.25) is 0 Å². The fraction of sp³-hybridized carbons (Fsp3) is 0.806. The third-order valence-electron chi connectivity index (χ3n) is 8.07. The predicted molar refractivity (Wildman–Crippen MR) is 150 cm³/mol. The Balaban J connectivity index is 0.000000182. The molecule has 1 aromatic rings. The largest absolute Gasteiger partial charge is 0.301 e. The van der Waals surface area contributed by atoms with Gasteiger partial charge >= 0.3 is 0 Å². The number of piperidine rings is 2. The number of fused-ring (bicyclic) bond motifs is 1. The van der Waals surface area contributed by atoms with E-state index < -0.39 is 0 Å². The quantitative estimate of drug-likeness (QED) is 0.421. The van der Waals surface area contributed by atoms with Crippen LogP contribution in [0.25, 0.3) is 0 Å². The van der Waals surface area contributed by atoms with Crippen LogP contribution in [-0.4, -0.2) is 58.0 Å². The van der Waals surface area contributed by atoms with Gasteiger partial charge in [-0.25, -0.2) is 0 Å². The highest BCUT2D eigenvalue weighted by molar-refractivity contribution is 5.30. The zero-order valence-corrected chi connectivity index (χ0v) is 24.5. The predicted octanol–water partition coefficient (Wildman–Crippen LogP) is 7.44. The topological polar surface area (TPSA) is 9.72 Å². The second-order valence-electron chi connectivity index (χ2n) is 13.4. The van der Waals surface area contributed by atoms with Crippen molar-refractivity contribution in [3.8, 4) is 0 Å². The smallest absolute Gasteiger partial charge is 0.0245 e. The molecule has 0 radical (unpaired) electrons. The lowest BCUT2D eigenvalue weighted by Gasteiger charge is -2.40. The molecule has 3 heteroatoms. The van der Waals surface area contributed by atoms with E-state index in [2.05, 4.69) is 108 Å². The number of nitrogens with zero attached hydrogens (tertiary/aromatic N) is 3. The molecule has 1 aromatic carbocycles. The first-order valence-electron chi connectivity index (χ1n) is 14.1. The highest BCUT2D eigenvalue weighted by Gasteiger charge is 2.27. The Morgan fingerprint density at radius 1 is 0.647 bits per heavy atom. The number of rotatable bonds is 1. The Morgan fingerprint density at radius 2 is 1.03 bits per heavy atom. The summed E-state index contributed by atoms with van der Waals surface area (Å²) in [6.07, 6.45) is 5.57. The molecule has 3 aliphatic rings. The van der Waals surface area contributed by atoms with E-state index in [0.717, 1.165) is 31.0 Å². The normalized spacial score (nSPS) is 21.5. The Morgan fingerprint density at radius 3 is 1.38 bits per heavy atom. The van der Waals surface area contributed by atoms with E-state index in [1.807, 2.05) is 0 Å². The van der Waals surface area contributed by atoms with Crippen LogP contribution < -0.4 is 0 Å². The van der Waals surface area contributed by atoms with Crippen LogP contribution in [0.4, 0.5) is 0 Å². The minimum atomic E-state index is 0.291. The van der Waals surface area contributed by atoms with Gasteiger partial charge in [-0.2, -0.15) is 0 Å². The van der Waals surface area contributed by atoms with Crippen molar-refractivity contribution in [1.82, 2.24) is 14.7 Å². The molecule has 0 amide bonds. The van der Waals surface area contributed by atoms with E-state index in [1.54, 1.807) is 0 Å². The van der Waals surface area contributed by atoms with Gasteiger partial charge in [-0.15, -0.1) is 0 Å². The average Bonchev–Trinajstić information content (AvgIpc) is 3.20. The van der Waals surface area contributed by atoms with Gasteiger partial charge in [0.15, 0.2) is 0 Å². The molecule has 0 unspecified atom stereocenters. The van der Waals surface area contributed by atoms with Gasteiger partial charge in [0.25, 0.3) is 0 Å². The lowest BCUT2D eigenvalue weighted by molar-refractivity contribution is 0.0916. The SMILES string of the molecule is CC(C)(C)N1Cc2ccccc2C1.CC1CCN(C(C)(C)C)CC1.CC1CCN(C(C)C)CC1. The molecule has 0 bridgehead atoms. The van der Waals surface area contributed by atoms with Crippen molar-refractivity contribution in [3.05, 3.63) is 35.4 Å². The number of hydrogen-bond donors (Lipinski definition) is 0. The minimum Gasteiger partial charge on any atom is -0.301 e. The maximum Gasteiger partial charge on any atom is 0.0245 e. The van der Waals surface area contributed by atoms with Crippen molar-refractivity contribution < 1.29 is 0 Å². The van der Waals surface area contributed by atoms with Gasteiger partial charge in [-0.05, 0) is 130 Å². The second kappa shape index (κ2) is 12.9. The molecule has 0 saturated carbocycles. The first-order chi connectivity index (χ1) is 15.8. The third kappa shape index (κ3) is 9.63. The Bertz CT molecular complexity index is 671.